The van der Waals surface area contributed by atoms with Crippen molar-refractivity contribution in [3.63, 3.8) is 0 Å². The average Bonchev–Trinajstić information content (AvgIpc) is 2.87. The van der Waals surface area contributed by atoms with Gasteiger partial charge in [-0.1, -0.05) is 67.8 Å². The Morgan fingerprint density at radius 3 is 2.40 bits per heavy atom. The van der Waals surface area contributed by atoms with Gasteiger partial charge in [-0.3, -0.25) is 4.79 Å². The molecule has 7 heteroatoms. The third kappa shape index (κ3) is 5.30. The Kier molecular flexibility index (Phi) is 7.66. The molecule has 7 nitrogen and oxygen atoms in total. The van der Waals surface area contributed by atoms with E-state index in [0.717, 1.165) is 53.6 Å². The molecule has 1 atom stereocenters. The van der Waals surface area contributed by atoms with Crippen molar-refractivity contribution in [2.24, 2.45) is 11.0 Å². The number of carbonyl (C=O) groups is 2. The topological polar surface area (TPSA) is 91.2 Å². The van der Waals surface area contributed by atoms with Crippen molar-refractivity contribution < 1.29 is 19.4 Å². The molecule has 1 unspecified atom stereocenters. The molecular formula is C28H33N3O4. The first-order valence-electron chi connectivity index (χ1n) is 12.2. The second-order valence-corrected chi connectivity index (χ2v) is 9.25. The zero-order chi connectivity index (χ0) is 24.9. The summed E-state index contributed by atoms with van der Waals surface area (Å²) in [6.45, 7) is 3.76. The second-order valence-electron chi connectivity index (χ2n) is 9.25. The molecule has 1 saturated carbocycles. The average molecular weight is 476 g/mol. The predicted octanol–water partition coefficient (Wildman–Crippen LogP) is 5.03. The summed E-state index contributed by atoms with van der Waals surface area (Å²) in [5.41, 5.74) is 5.68. The number of ether oxygens (including phenoxy) is 1. The van der Waals surface area contributed by atoms with Crippen molar-refractivity contribution in [3.8, 4) is 11.1 Å². The minimum absolute atomic E-state index is 0.113. The number of hydrogen-bond acceptors (Lipinski definition) is 5. The van der Waals surface area contributed by atoms with Crippen LogP contribution in [0.15, 0.2) is 59.2 Å². The van der Waals surface area contributed by atoms with Crippen molar-refractivity contribution in [1.29, 1.82) is 0 Å². The molecule has 1 fully saturated rings. The molecule has 2 N–H and O–H groups in total. The molecule has 2 aliphatic rings. The Bertz CT molecular complexity index is 1150. The number of benzene rings is 2. The van der Waals surface area contributed by atoms with Crippen LogP contribution in [0.25, 0.3) is 16.8 Å². The van der Waals surface area contributed by atoms with Gasteiger partial charge in [0.2, 0.25) is 0 Å². The quantitative estimate of drug-likeness (QED) is 0.548. The summed E-state index contributed by atoms with van der Waals surface area (Å²) in [6, 6.07) is 16.4. The molecule has 1 amide bonds. The molecule has 35 heavy (non-hydrogen) atoms. The lowest BCUT2D eigenvalue weighted by atomic mass is 9.80. The fourth-order valence-corrected chi connectivity index (χ4v) is 5.00. The van der Waals surface area contributed by atoms with Crippen LogP contribution < -0.4 is 5.32 Å². The minimum Gasteiger partial charge on any atom is -0.477 e. The highest BCUT2D eigenvalue weighted by atomic mass is 16.5. The maximum atomic E-state index is 13.7. The van der Waals surface area contributed by atoms with E-state index in [0.29, 0.717) is 12.2 Å². The number of amides is 1. The van der Waals surface area contributed by atoms with Gasteiger partial charge >= 0.3 is 5.97 Å². The highest BCUT2D eigenvalue weighted by Crippen LogP contribution is 2.37. The highest BCUT2D eigenvalue weighted by Gasteiger charge is 2.37. The van der Waals surface area contributed by atoms with Crippen LogP contribution in [0.1, 0.15) is 57.1 Å². The smallest absolute Gasteiger partial charge is 0.351 e. The van der Waals surface area contributed by atoms with Crippen molar-refractivity contribution in [1.82, 2.24) is 10.3 Å². The van der Waals surface area contributed by atoms with E-state index in [1.165, 1.54) is 18.4 Å². The summed E-state index contributed by atoms with van der Waals surface area (Å²) in [5.74, 6) is -1.23. The van der Waals surface area contributed by atoms with Gasteiger partial charge in [-0.05, 0) is 54.9 Å². The summed E-state index contributed by atoms with van der Waals surface area (Å²) in [4.78, 5) is 25.1. The van der Waals surface area contributed by atoms with Crippen molar-refractivity contribution >= 4 is 23.3 Å². The molecule has 0 aromatic heterocycles. The first kappa shape index (κ1) is 24.7. The van der Waals surface area contributed by atoms with E-state index in [-0.39, 0.29) is 17.5 Å². The molecule has 2 aromatic rings. The third-order valence-electron chi connectivity index (χ3n) is 6.81. The van der Waals surface area contributed by atoms with Crippen LogP contribution in [0.4, 0.5) is 0 Å². The molecule has 0 saturated heterocycles. The van der Waals surface area contributed by atoms with E-state index in [9.17, 15) is 14.7 Å². The van der Waals surface area contributed by atoms with E-state index in [2.05, 4.69) is 34.7 Å². The van der Waals surface area contributed by atoms with E-state index >= 15 is 0 Å². The number of carboxylic acid groups (broad SMARTS) is 1. The number of aliphatic carboxylic acids is 1. The SMILES string of the molecule is COCc1ccccc1-c1ccc(C2=C(C3CCCCC3)C(=O)N(/N=C(\C)C(=O)O)C(C)N2)cc1. The van der Waals surface area contributed by atoms with Crippen LogP contribution in [-0.4, -0.2) is 41.0 Å². The maximum absolute atomic E-state index is 13.7. The predicted molar refractivity (Wildman–Crippen MR) is 136 cm³/mol. The summed E-state index contributed by atoms with van der Waals surface area (Å²) in [5, 5.41) is 18.2. The van der Waals surface area contributed by atoms with Crippen LogP contribution in [0, 0.1) is 5.92 Å². The molecule has 2 aromatic carbocycles. The Labute approximate surface area is 206 Å². The molecule has 1 heterocycles. The Morgan fingerprint density at radius 1 is 1.09 bits per heavy atom. The van der Waals surface area contributed by atoms with Crippen LogP contribution in [-0.2, 0) is 20.9 Å². The van der Waals surface area contributed by atoms with Crippen LogP contribution >= 0.6 is 0 Å². The van der Waals surface area contributed by atoms with Gasteiger partial charge in [0.15, 0.2) is 0 Å². The largest absolute Gasteiger partial charge is 0.477 e. The second kappa shape index (κ2) is 10.9. The van der Waals surface area contributed by atoms with Gasteiger partial charge in [0.25, 0.3) is 5.91 Å². The summed E-state index contributed by atoms with van der Waals surface area (Å²) < 4.78 is 5.36. The van der Waals surface area contributed by atoms with Gasteiger partial charge in [-0.2, -0.15) is 5.10 Å². The molecule has 0 radical (unpaired) electrons. The number of nitrogens with zero attached hydrogens (tertiary/aromatic N) is 2. The molecular weight excluding hydrogens is 442 g/mol. The Hall–Kier alpha value is -3.45. The van der Waals surface area contributed by atoms with Gasteiger partial charge < -0.3 is 15.2 Å². The van der Waals surface area contributed by atoms with Crippen molar-refractivity contribution in [2.75, 3.05) is 7.11 Å². The lowest BCUT2D eigenvalue weighted by Crippen LogP contribution is -2.50. The normalized spacial score (nSPS) is 19.6. The van der Waals surface area contributed by atoms with Crippen molar-refractivity contribution in [2.45, 2.75) is 58.7 Å². The van der Waals surface area contributed by atoms with E-state index < -0.39 is 12.1 Å². The van der Waals surface area contributed by atoms with Gasteiger partial charge in [-0.15, -0.1) is 0 Å². The molecule has 1 aliphatic carbocycles. The van der Waals surface area contributed by atoms with Crippen LogP contribution in [0.2, 0.25) is 0 Å². The lowest BCUT2D eigenvalue weighted by molar-refractivity contribution is -0.131. The zero-order valence-electron chi connectivity index (χ0n) is 20.6. The minimum atomic E-state index is -1.14. The van der Waals surface area contributed by atoms with Crippen LogP contribution in [0.5, 0.6) is 0 Å². The van der Waals surface area contributed by atoms with E-state index in [4.69, 9.17) is 4.74 Å². The molecule has 0 bridgehead atoms. The highest BCUT2D eigenvalue weighted by molar-refractivity contribution is 6.34. The van der Waals surface area contributed by atoms with E-state index in [1.54, 1.807) is 7.11 Å². The fourth-order valence-electron chi connectivity index (χ4n) is 5.00. The molecule has 0 spiro atoms. The van der Waals surface area contributed by atoms with Crippen molar-refractivity contribution in [3.05, 3.63) is 65.2 Å². The van der Waals surface area contributed by atoms with Gasteiger partial charge in [0.1, 0.15) is 11.9 Å². The zero-order valence-corrected chi connectivity index (χ0v) is 20.6. The summed E-state index contributed by atoms with van der Waals surface area (Å²) in [6.07, 6.45) is 4.75. The first-order valence-corrected chi connectivity index (χ1v) is 12.2. The number of nitrogens with one attached hydrogen (secondary N) is 1. The Morgan fingerprint density at radius 2 is 1.74 bits per heavy atom. The van der Waals surface area contributed by atoms with E-state index in [1.807, 2.05) is 31.2 Å². The van der Waals surface area contributed by atoms with Gasteiger partial charge in [0.05, 0.1) is 12.3 Å². The molecule has 4 rings (SSSR count). The standard InChI is InChI=1S/C28H33N3O4/c1-18(28(33)34)30-31-19(2)29-26(25(27(31)32)21-9-5-4-6-10-21)22-15-13-20(14-16-22)24-12-8-7-11-23(24)17-35-3/h7-8,11-16,19,21,29H,4-6,9-10,17H2,1-3H3,(H,33,34)/b30-18+. The molecule has 184 valence electrons. The van der Waals surface area contributed by atoms with Crippen LogP contribution in [0.3, 0.4) is 0 Å². The molecule has 1 aliphatic heterocycles. The monoisotopic (exact) mass is 475 g/mol. The number of hydrazone groups is 1. The van der Waals surface area contributed by atoms with Gasteiger partial charge in [0, 0.05) is 12.7 Å². The third-order valence-corrected chi connectivity index (χ3v) is 6.81. The number of hydrogen-bond donors (Lipinski definition) is 2. The number of rotatable bonds is 7. The Balaban J connectivity index is 1.74. The number of methoxy groups -OCH3 is 1. The first-order chi connectivity index (χ1) is 16.9. The van der Waals surface area contributed by atoms with Gasteiger partial charge in [-0.25, -0.2) is 9.80 Å². The fraction of sp³-hybridized carbons (Fsp3) is 0.393. The number of carbonyl (C=O) groups excluding carboxylic acids is 1. The summed E-state index contributed by atoms with van der Waals surface area (Å²) >= 11 is 0. The lowest BCUT2D eigenvalue weighted by Gasteiger charge is -2.37. The number of carboxylic acids is 1. The maximum Gasteiger partial charge on any atom is 0.351 e. The summed E-state index contributed by atoms with van der Waals surface area (Å²) in [7, 11) is 1.69.